The molecule has 2 aromatic carbocycles. The highest BCUT2D eigenvalue weighted by atomic mass is 19.4. The summed E-state index contributed by atoms with van der Waals surface area (Å²) in [6.45, 7) is 5.01. The minimum Gasteiger partial charge on any atom is -0.508 e. The number of aromatic nitrogens is 1. The Balaban J connectivity index is 1.71. The summed E-state index contributed by atoms with van der Waals surface area (Å²) in [6, 6.07) is 12.8. The zero-order chi connectivity index (χ0) is 30.5. The van der Waals surface area contributed by atoms with E-state index < -0.39 is 18.4 Å². The summed E-state index contributed by atoms with van der Waals surface area (Å²) in [4.78, 5) is 14.2. The average Bonchev–Trinajstić information content (AvgIpc) is 2.98. The Morgan fingerprint density at radius 1 is 1.07 bits per heavy atom. The van der Waals surface area contributed by atoms with Crippen molar-refractivity contribution in [2.75, 3.05) is 45.3 Å². The van der Waals surface area contributed by atoms with Crippen molar-refractivity contribution in [1.29, 1.82) is 0 Å². The average molecular weight is 588 g/mol. The van der Waals surface area contributed by atoms with E-state index in [4.69, 9.17) is 4.74 Å². The lowest BCUT2D eigenvalue weighted by atomic mass is 10.0. The van der Waals surface area contributed by atoms with Gasteiger partial charge < -0.3 is 20.1 Å². The number of nitrogens with one attached hydrogen (secondary N) is 2. The van der Waals surface area contributed by atoms with Crippen LogP contribution in [0.15, 0.2) is 75.9 Å². The molecular weight excluding hydrogens is 554 g/mol. The second-order valence-electron chi connectivity index (χ2n) is 8.80. The molecule has 3 N–H and O–H groups in total. The highest BCUT2D eigenvalue weighted by molar-refractivity contribution is 5.96. The van der Waals surface area contributed by atoms with Crippen molar-refractivity contribution in [2.24, 2.45) is 15.1 Å². The van der Waals surface area contributed by atoms with Crippen molar-refractivity contribution in [2.45, 2.75) is 20.0 Å². The number of phenolic OH excluding ortho intramolecular Hbond substituents is 1. The van der Waals surface area contributed by atoms with Crippen LogP contribution in [0.2, 0.25) is 0 Å². The smallest absolute Gasteiger partial charge is 0.416 e. The van der Waals surface area contributed by atoms with Crippen molar-refractivity contribution < 1.29 is 27.4 Å². The van der Waals surface area contributed by atoms with Crippen LogP contribution in [-0.2, 0) is 10.9 Å². The molecule has 13 heteroatoms. The predicted octanol–water partition coefficient (Wildman–Crippen LogP) is 5.85. The normalized spacial score (nSPS) is 12.5. The molecule has 0 saturated heterocycles. The summed E-state index contributed by atoms with van der Waals surface area (Å²) in [7, 11) is 1.49. The fourth-order valence-corrected chi connectivity index (χ4v) is 3.82. The van der Waals surface area contributed by atoms with Gasteiger partial charge >= 0.3 is 6.18 Å². The van der Waals surface area contributed by atoms with E-state index >= 15 is 0 Å². The Bertz CT molecular complexity index is 1390. The number of aliphatic imine (C=N–C) groups is 2. The lowest BCUT2D eigenvalue weighted by molar-refractivity contribution is -0.137. The van der Waals surface area contributed by atoms with Crippen LogP contribution in [0, 0.1) is 0 Å². The number of aromatic hydroxyl groups is 1. The van der Waals surface area contributed by atoms with Crippen LogP contribution >= 0.6 is 0 Å². The van der Waals surface area contributed by atoms with E-state index in [1.807, 2.05) is 13.8 Å². The van der Waals surface area contributed by atoms with Gasteiger partial charge in [-0.25, -0.2) is 9.82 Å². The van der Waals surface area contributed by atoms with E-state index in [9.17, 15) is 22.7 Å². The number of alkyl halides is 4. The second kappa shape index (κ2) is 15.5. The molecule has 0 fully saturated rings. The number of anilines is 2. The molecule has 1 heterocycles. The number of pyridine rings is 1. The first-order chi connectivity index (χ1) is 20.2. The van der Waals surface area contributed by atoms with Crippen LogP contribution in [0.1, 0.15) is 25.1 Å². The van der Waals surface area contributed by atoms with Crippen LogP contribution < -0.4 is 10.7 Å². The molecule has 0 radical (unpaired) electrons. The molecule has 0 aliphatic carbocycles. The first-order valence-electron chi connectivity index (χ1n) is 13.1. The molecular formula is C29H33F4N7O2. The molecule has 0 aliphatic heterocycles. The fourth-order valence-electron chi connectivity index (χ4n) is 3.82. The van der Waals surface area contributed by atoms with Gasteiger partial charge in [-0.2, -0.15) is 23.3 Å². The summed E-state index contributed by atoms with van der Waals surface area (Å²) >= 11 is 0. The summed E-state index contributed by atoms with van der Waals surface area (Å²) in [5.41, 5.74) is 3.62. The van der Waals surface area contributed by atoms with E-state index in [2.05, 4.69) is 30.8 Å². The Morgan fingerprint density at radius 3 is 2.50 bits per heavy atom. The van der Waals surface area contributed by atoms with Crippen molar-refractivity contribution in [1.82, 2.24) is 15.3 Å². The number of hydrogen-bond donors (Lipinski definition) is 3. The summed E-state index contributed by atoms with van der Waals surface area (Å²) in [5.74, 6) is 0.234. The molecule has 3 rings (SSSR count). The predicted molar refractivity (Wildman–Crippen MR) is 157 cm³/mol. The monoisotopic (exact) mass is 587 g/mol. The van der Waals surface area contributed by atoms with Gasteiger partial charge in [0.05, 0.1) is 36.0 Å². The van der Waals surface area contributed by atoms with Crippen molar-refractivity contribution in [3.63, 3.8) is 0 Å². The van der Waals surface area contributed by atoms with Crippen LogP contribution in [0.3, 0.4) is 0 Å². The van der Waals surface area contributed by atoms with Gasteiger partial charge in [-0.05, 0) is 67.4 Å². The third kappa shape index (κ3) is 9.54. The van der Waals surface area contributed by atoms with E-state index in [1.54, 1.807) is 35.2 Å². The molecule has 0 aliphatic rings. The standard InChI is InChI=1S/C29H33F4N7O2/c1-4-40(11-12-42-5-2)27(17-30)38-28(34-3)39-36-19-23-9-10-24(18-35-23)37-25-14-21(13-22(16-25)29(31,32)33)20-7-6-8-26(41)15-20/h6-10,13-16,18-19,37,41H,4-5,11-12,17H2,1-3H3,(H,34,39)/b36-19+,38-27+. The molecule has 0 amide bonds. The Hall–Kier alpha value is -4.52. The number of likely N-dealkylation sites (N-methyl/N-ethyl adjacent to an activating group) is 1. The number of benzene rings is 2. The molecule has 0 saturated carbocycles. The minimum absolute atomic E-state index is 0.0530. The van der Waals surface area contributed by atoms with Crippen LogP contribution in [0.25, 0.3) is 11.1 Å². The Kier molecular flexibility index (Phi) is 11.8. The molecule has 0 atom stereocenters. The maximum Gasteiger partial charge on any atom is 0.416 e. The summed E-state index contributed by atoms with van der Waals surface area (Å²) in [5, 5.41) is 16.8. The van der Waals surface area contributed by atoms with Gasteiger partial charge in [0.25, 0.3) is 0 Å². The number of nitrogens with zero attached hydrogens (tertiary/aromatic N) is 5. The third-order valence-electron chi connectivity index (χ3n) is 5.90. The van der Waals surface area contributed by atoms with Crippen LogP contribution in [0.5, 0.6) is 5.75 Å². The van der Waals surface area contributed by atoms with E-state index in [1.165, 1.54) is 31.6 Å². The van der Waals surface area contributed by atoms with E-state index in [-0.39, 0.29) is 28.8 Å². The number of ether oxygens (including phenoxy) is 1. The number of hydrazone groups is 1. The van der Waals surface area contributed by atoms with Crippen molar-refractivity contribution in [3.05, 3.63) is 72.1 Å². The maximum absolute atomic E-state index is 13.7. The SMILES string of the molecule is CCOCCN(CC)/C(CF)=N/C(=NC)N/N=C/c1ccc(Nc2cc(-c3cccc(O)c3)cc(C(F)(F)F)c2)cn1. The molecule has 0 bridgehead atoms. The van der Waals surface area contributed by atoms with E-state index in [0.29, 0.717) is 43.2 Å². The van der Waals surface area contributed by atoms with Crippen molar-refractivity contribution >= 4 is 29.4 Å². The Labute approximate surface area is 241 Å². The minimum atomic E-state index is -4.57. The Morgan fingerprint density at radius 2 is 1.88 bits per heavy atom. The van der Waals surface area contributed by atoms with Crippen LogP contribution in [0.4, 0.5) is 28.9 Å². The summed E-state index contributed by atoms with van der Waals surface area (Å²) < 4.78 is 59.8. The molecule has 3 aromatic rings. The van der Waals surface area contributed by atoms with Gasteiger partial charge in [-0.3, -0.25) is 9.98 Å². The fraction of sp³-hybridized carbons (Fsp3) is 0.310. The number of halogens is 4. The molecule has 42 heavy (non-hydrogen) atoms. The largest absolute Gasteiger partial charge is 0.508 e. The second-order valence-corrected chi connectivity index (χ2v) is 8.80. The lowest BCUT2D eigenvalue weighted by Crippen LogP contribution is -2.36. The third-order valence-corrected chi connectivity index (χ3v) is 5.90. The first kappa shape index (κ1) is 32.0. The number of hydrogen-bond acceptors (Lipinski definition) is 6. The van der Waals surface area contributed by atoms with Crippen LogP contribution in [-0.4, -0.2) is 73.0 Å². The van der Waals surface area contributed by atoms with Gasteiger partial charge in [0.1, 0.15) is 18.3 Å². The maximum atomic E-state index is 13.7. The van der Waals surface area contributed by atoms with Gasteiger partial charge in [0.15, 0.2) is 0 Å². The first-order valence-corrected chi connectivity index (χ1v) is 13.1. The molecule has 0 spiro atoms. The molecule has 0 unspecified atom stereocenters. The van der Waals surface area contributed by atoms with Crippen molar-refractivity contribution in [3.8, 4) is 16.9 Å². The number of rotatable bonds is 11. The van der Waals surface area contributed by atoms with Gasteiger partial charge in [0, 0.05) is 32.4 Å². The highest BCUT2D eigenvalue weighted by Crippen LogP contribution is 2.36. The van der Waals surface area contributed by atoms with Gasteiger partial charge in [-0.1, -0.05) is 12.1 Å². The highest BCUT2D eigenvalue weighted by Gasteiger charge is 2.31. The lowest BCUT2D eigenvalue weighted by Gasteiger charge is -2.22. The van der Waals surface area contributed by atoms with Gasteiger partial charge in [-0.15, -0.1) is 0 Å². The zero-order valence-electron chi connectivity index (χ0n) is 23.5. The van der Waals surface area contributed by atoms with E-state index in [0.717, 1.165) is 12.1 Å². The molecule has 224 valence electrons. The number of guanidine groups is 1. The topological polar surface area (TPSA) is 107 Å². The number of phenols is 1. The van der Waals surface area contributed by atoms with Gasteiger partial charge in [0.2, 0.25) is 5.96 Å². The number of amidine groups is 1. The molecule has 9 nitrogen and oxygen atoms in total. The molecule has 1 aromatic heterocycles. The summed E-state index contributed by atoms with van der Waals surface area (Å²) in [6.07, 6.45) is -1.72. The zero-order valence-corrected chi connectivity index (χ0v) is 23.5. The quantitative estimate of drug-likeness (QED) is 0.0854.